The van der Waals surface area contributed by atoms with Crippen molar-refractivity contribution in [1.29, 1.82) is 0 Å². The molecular formula is C10H22N2O3S. The monoisotopic (exact) mass is 250 g/mol. The van der Waals surface area contributed by atoms with Crippen molar-refractivity contribution < 1.29 is 13.2 Å². The number of nitrogens with one attached hydrogen (secondary N) is 1. The Morgan fingerprint density at radius 2 is 2.00 bits per heavy atom. The van der Waals surface area contributed by atoms with Crippen LogP contribution in [0, 0.1) is 0 Å². The number of nitrogens with zero attached hydrogens (tertiary/aromatic N) is 1. The number of carbonyl (C=O) groups is 1. The highest BCUT2D eigenvalue weighted by Gasteiger charge is 2.11. The maximum Gasteiger partial charge on any atom is 0.236 e. The van der Waals surface area contributed by atoms with Gasteiger partial charge in [-0.25, -0.2) is 8.42 Å². The Kier molecular flexibility index (Phi) is 6.59. The van der Waals surface area contributed by atoms with Gasteiger partial charge in [-0.05, 0) is 13.3 Å². The third kappa shape index (κ3) is 7.64. The molecule has 0 spiro atoms. The fraction of sp³-hybridized carbons (Fsp3) is 0.900. The third-order valence-corrected chi connectivity index (χ3v) is 3.36. The van der Waals surface area contributed by atoms with Gasteiger partial charge in [0.1, 0.15) is 9.84 Å². The second-order valence-electron chi connectivity index (χ2n) is 4.14. The first-order chi connectivity index (χ1) is 7.26. The van der Waals surface area contributed by atoms with Gasteiger partial charge in [-0.15, -0.1) is 0 Å². The Bertz CT molecular complexity index is 314. The standard InChI is InChI=1S/C10H22N2O3S/c1-5-9(2)11-8-10(13)12(3)6-7-16(4,14)15/h9,11H,5-8H2,1-4H3. The van der Waals surface area contributed by atoms with Gasteiger partial charge in [0.2, 0.25) is 5.91 Å². The summed E-state index contributed by atoms with van der Waals surface area (Å²) in [6, 6.07) is 0.298. The van der Waals surface area contributed by atoms with E-state index in [9.17, 15) is 13.2 Å². The lowest BCUT2D eigenvalue weighted by atomic mass is 10.2. The number of likely N-dealkylation sites (N-methyl/N-ethyl adjacent to an activating group) is 1. The lowest BCUT2D eigenvalue weighted by molar-refractivity contribution is -0.128. The van der Waals surface area contributed by atoms with Crippen LogP contribution < -0.4 is 5.32 Å². The molecule has 0 rings (SSSR count). The topological polar surface area (TPSA) is 66.5 Å². The summed E-state index contributed by atoms with van der Waals surface area (Å²) in [6.07, 6.45) is 2.13. The second kappa shape index (κ2) is 6.85. The Hall–Kier alpha value is -0.620. The van der Waals surface area contributed by atoms with Crippen LogP contribution in [-0.4, -0.2) is 57.4 Å². The van der Waals surface area contributed by atoms with Crippen molar-refractivity contribution in [3.8, 4) is 0 Å². The minimum absolute atomic E-state index is 0.0125. The maximum absolute atomic E-state index is 11.5. The Morgan fingerprint density at radius 3 is 2.44 bits per heavy atom. The molecule has 0 radical (unpaired) electrons. The van der Waals surface area contributed by atoms with E-state index >= 15 is 0 Å². The van der Waals surface area contributed by atoms with Gasteiger partial charge < -0.3 is 10.2 Å². The molecule has 0 heterocycles. The lowest BCUT2D eigenvalue weighted by Gasteiger charge is -2.18. The van der Waals surface area contributed by atoms with Crippen LogP contribution in [0.15, 0.2) is 0 Å². The van der Waals surface area contributed by atoms with Crippen LogP contribution in [0.25, 0.3) is 0 Å². The van der Waals surface area contributed by atoms with Crippen LogP contribution in [-0.2, 0) is 14.6 Å². The van der Waals surface area contributed by atoms with E-state index in [1.54, 1.807) is 7.05 Å². The molecule has 6 heteroatoms. The van der Waals surface area contributed by atoms with E-state index in [1.165, 1.54) is 11.2 Å². The Morgan fingerprint density at radius 1 is 1.44 bits per heavy atom. The number of amides is 1. The van der Waals surface area contributed by atoms with Gasteiger partial charge in [0.25, 0.3) is 0 Å². The fourth-order valence-electron chi connectivity index (χ4n) is 0.968. The molecule has 0 aromatic carbocycles. The minimum Gasteiger partial charge on any atom is -0.344 e. The minimum atomic E-state index is -3.00. The Labute approximate surface area is 98.1 Å². The molecule has 0 fully saturated rings. The summed E-state index contributed by atoms with van der Waals surface area (Å²) in [6.45, 7) is 4.55. The molecule has 0 bridgehead atoms. The summed E-state index contributed by atoms with van der Waals surface area (Å²) < 4.78 is 21.8. The highest BCUT2D eigenvalue weighted by molar-refractivity contribution is 7.90. The van der Waals surface area contributed by atoms with Crippen LogP contribution in [0.3, 0.4) is 0 Å². The molecule has 1 N–H and O–H groups in total. The first-order valence-electron chi connectivity index (χ1n) is 5.41. The molecule has 0 aliphatic heterocycles. The number of sulfone groups is 1. The first kappa shape index (κ1) is 15.4. The number of hydrogen-bond acceptors (Lipinski definition) is 4. The summed E-state index contributed by atoms with van der Waals surface area (Å²) in [5.74, 6) is -0.0672. The summed E-state index contributed by atoms with van der Waals surface area (Å²) in [5.41, 5.74) is 0. The summed E-state index contributed by atoms with van der Waals surface area (Å²) in [7, 11) is -1.39. The quantitative estimate of drug-likeness (QED) is 0.684. The predicted molar refractivity (Wildman–Crippen MR) is 65.1 cm³/mol. The van der Waals surface area contributed by atoms with Gasteiger partial charge in [-0.2, -0.15) is 0 Å². The van der Waals surface area contributed by atoms with E-state index in [4.69, 9.17) is 0 Å². The van der Waals surface area contributed by atoms with Crippen LogP contribution in [0.4, 0.5) is 0 Å². The van der Waals surface area contributed by atoms with Crippen molar-refractivity contribution in [2.75, 3.05) is 32.1 Å². The van der Waals surface area contributed by atoms with Gasteiger partial charge in [0, 0.05) is 25.9 Å². The van der Waals surface area contributed by atoms with Crippen molar-refractivity contribution in [2.24, 2.45) is 0 Å². The highest BCUT2D eigenvalue weighted by atomic mass is 32.2. The molecule has 0 saturated heterocycles. The molecule has 0 aliphatic rings. The van der Waals surface area contributed by atoms with Crippen molar-refractivity contribution in [3.63, 3.8) is 0 Å². The summed E-state index contributed by atoms with van der Waals surface area (Å²) >= 11 is 0. The van der Waals surface area contributed by atoms with Crippen LogP contribution >= 0.6 is 0 Å². The van der Waals surface area contributed by atoms with Gasteiger partial charge in [0.05, 0.1) is 12.3 Å². The summed E-state index contributed by atoms with van der Waals surface area (Å²) in [5, 5.41) is 3.07. The average Bonchev–Trinajstić information content (AvgIpc) is 2.20. The van der Waals surface area contributed by atoms with Crippen LogP contribution in [0.2, 0.25) is 0 Å². The molecule has 1 atom stereocenters. The molecule has 96 valence electrons. The SMILES string of the molecule is CCC(C)NCC(=O)N(C)CCS(C)(=O)=O. The van der Waals surface area contributed by atoms with Crippen molar-refractivity contribution >= 4 is 15.7 Å². The largest absolute Gasteiger partial charge is 0.344 e. The van der Waals surface area contributed by atoms with E-state index in [2.05, 4.69) is 5.32 Å². The number of hydrogen-bond donors (Lipinski definition) is 1. The molecule has 0 aromatic rings. The molecular weight excluding hydrogens is 228 g/mol. The normalized spacial score (nSPS) is 13.5. The van der Waals surface area contributed by atoms with Gasteiger partial charge >= 0.3 is 0 Å². The van der Waals surface area contributed by atoms with E-state index in [0.717, 1.165) is 6.42 Å². The smallest absolute Gasteiger partial charge is 0.236 e. The molecule has 5 nitrogen and oxygen atoms in total. The molecule has 0 saturated carbocycles. The number of carbonyl (C=O) groups excluding carboxylic acids is 1. The molecule has 1 amide bonds. The zero-order chi connectivity index (χ0) is 12.8. The molecule has 0 aliphatic carbocycles. The Balaban J connectivity index is 3.91. The van der Waals surface area contributed by atoms with Gasteiger partial charge in [-0.3, -0.25) is 4.79 Å². The number of rotatable bonds is 7. The predicted octanol–water partition coefficient (Wildman–Crippen LogP) is -0.122. The molecule has 1 unspecified atom stereocenters. The van der Waals surface area contributed by atoms with E-state index < -0.39 is 9.84 Å². The first-order valence-corrected chi connectivity index (χ1v) is 7.47. The second-order valence-corrected chi connectivity index (χ2v) is 6.40. The van der Waals surface area contributed by atoms with Gasteiger partial charge in [-0.1, -0.05) is 6.92 Å². The maximum atomic E-state index is 11.5. The lowest BCUT2D eigenvalue weighted by Crippen LogP contribution is -2.40. The van der Waals surface area contributed by atoms with E-state index in [-0.39, 0.29) is 24.7 Å². The highest BCUT2D eigenvalue weighted by Crippen LogP contribution is 1.91. The third-order valence-electron chi connectivity index (χ3n) is 2.44. The molecule has 0 aromatic heterocycles. The van der Waals surface area contributed by atoms with E-state index in [0.29, 0.717) is 6.04 Å². The van der Waals surface area contributed by atoms with Crippen molar-refractivity contribution in [3.05, 3.63) is 0 Å². The average molecular weight is 250 g/mol. The zero-order valence-electron chi connectivity index (χ0n) is 10.5. The van der Waals surface area contributed by atoms with Gasteiger partial charge in [0.15, 0.2) is 0 Å². The van der Waals surface area contributed by atoms with Crippen LogP contribution in [0.1, 0.15) is 20.3 Å². The molecule has 16 heavy (non-hydrogen) atoms. The van der Waals surface area contributed by atoms with E-state index in [1.807, 2.05) is 13.8 Å². The van der Waals surface area contributed by atoms with Crippen LogP contribution in [0.5, 0.6) is 0 Å². The van der Waals surface area contributed by atoms with Crippen molar-refractivity contribution in [1.82, 2.24) is 10.2 Å². The van der Waals surface area contributed by atoms with Crippen molar-refractivity contribution in [2.45, 2.75) is 26.3 Å². The zero-order valence-corrected chi connectivity index (χ0v) is 11.3. The fourth-order valence-corrected chi connectivity index (χ4v) is 1.57. The summed E-state index contributed by atoms with van der Waals surface area (Å²) in [4.78, 5) is 13.0.